The molecule has 0 saturated carbocycles. The summed E-state index contributed by atoms with van der Waals surface area (Å²) in [5.74, 6) is -0.0311. The summed E-state index contributed by atoms with van der Waals surface area (Å²) < 4.78 is 7.81. The van der Waals surface area contributed by atoms with Crippen molar-refractivity contribution in [3.63, 3.8) is 0 Å². The van der Waals surface area contributed by atoms with Gasteiger partial charge in [0.05, 0.1) is 18.8 Å². The van der Waals surface area contributed by atoms with Gasteiger partial charge in [0.25, 0.3) is 5.91 Å². The van der Waals surface area contributed by atoms with Gasteiger partial charge < -0.3 is 9.64 Å². The lowest BCUT2D eigenvalue weighted by Gasteiger charge is -2.36. The van der Waals surface area contributed by atoms with Gasteiger partial charge >= 0.3 is 0 Å². The number of fused-ring (bicyclic) bond motifs is 1. The number of carbonyl (C=O) groups excluding carboxylic acids is 1. The predicted molar refractivity (Wildman–Crippen MR) is 96.6 cm³/mol. The fraction of sp³-hybridized carbons (Fsp3) is 0.526. The SMILES string of the molecule is CC(C)N1CCN(C(=O)c2nnn3c2CO[C@H](c2ccccc2)C3)CC1. The van der Waals surface area contributed by atoms with E-state index in [-0.39, 0.29) is 12.0 Å². The number of hydrogen-bond acceptors (Lipinski definition) is 5. The minimum Gasteiger partial charge on any atom is -0.365 e. The molecule has 1 saturated heterocycles. The summed E-state index contributed by atoms with van der Waals surface area (Å²) in [7, 11) is 0. The fourth-order valence-corrected chi connectivity index (χ4v) is 3.64. The highest BCUT2D eigenvalue weighted by Gasteiger charge is 2.31. The van der Waals surface area contributed by atoms with Gasteiger partial charge in [-0.25, -0.2) is 4.68 Å². The molecule has 0 spiro atoms. The van der Waals surface area contributed by atoms with Crippen LogP contribution in [-0.4, -0.2) is 62.9 Å². The highest BCUT2D eigenvalue weighted by atomic mass is 16.5. The molecule has 0 unspecified atom stereocenters. The number of benzene rings is 1. The number of aromatic nitrogens is 3. The first-order chi connectivity index (χ1) is 12.6. The van der Waals surface area contributed by atoms with E-state index >= 15 is 0 Å². The van der Waals surface area contributed by atoms with E-state index in [1.165, 1.54) is 0 Å². The molecule has 1 fully saturated rings. The van der Waals surface area contributed by atoms with Gasteiger partial charge in [0, 0.05) is 32.2 Å². The molecule has 138 valence electrons. The summed E-state index contributed by atoms with van der Waals surface area (Å²) in [6.45, 7) is 8.59. The number of rotatable bonds is 3. The first-order valence-electron chi connectivity index (χ1n) is 9.25. The van der Waals surface area contributed by atoms with E-state index < -0.39 is 0 Å². The smallest absolute Gasteiger partial charge is 0.276 e. The van der Waals surface area contributed by atoms with E-state index in [0.29, 0.717) is 24.9 Å². The van der Waals surface area contributed by atoms with Crippen LogP contribution in [0.25, 0.3) is 0 Å². The van der Waals surface area contributed by atoms with Crippen LogP contribution in [-0.2, 0) is 17.9 Å². The Balaban J connectivity index is 1.46. The van der Waals surface area contributed by atoms with Gasteiger partial charge in [0.1, 0.15) is 6.10 Å². The van der Waals surface area contributed by atoms with Crippen molar-refractivity contribution >= 4 is 5.91 Å². The van der Waals surface area contributed by atoms with Crippen LogP contribution in [0, 0.1) is 0 Å². The van der Waals surface area contributed by atoms with Gasteiger partial charge in [0.2, 0.25) is 0 Å². The Morgan fingerprint density at radius 2 is 1.88 bits per heavy atom. The average Bonchev–Trinajstić information content (AvgIpc) is 3.11. The molecule has 1 amide bonds. The second-order valence-corrected chi connectivity index (χ2v) is 7.20. The molecule has 4 rings (SSSR count). The van der Waals surface area contributed by atoms with E-state index in [1.54, 1.807) is 0 Å². The summed E-state index contributed by atoms with van der Waals surface area (Å²) in [6.07, 6.45) is -0.0528. The Labute approximate surface area is 153 Å². The highest BCUT2D eigenvalue weighted by molar-refractivity contribution is 5.93. The molecule has 7 heteroatoms. The predicted octanol–water partition coefficient (Wildman–Crippen LogP) is 1.72. The normalized spacial score (nSPS) is 21.0. The zero-order valence-electron chi connectivity index (χ0n) is 15.3. The molecule has 2 aliphatic rings. The second-order valence-electron chi connectivity index (χ2n) is 7.20. The Bertz CT molecular complexity index is 765. The van der Waals surface area contributed by atoms with Gasteiger partial charge in [-0.3, -0.25) is 9.69 Å². The molecule has 1 atom stereocenters. The van der Waals surface area contributed by atoms with Crippen molar-refractivity contribution in [3.8, 4) is 0 Å². The quantitative estimate of drug-likeness (QED) is 0.839. The van der Waals surface area contributed by atoms with Crippen molar-refractivity contribution in [2.24, 2.45) is 0 Å². The molecule has 3 heterocycles. The Hall–Kier alpha value is -2.25. The van der Waals surface area contributed by atoms with Crippen LogP contribution in [0.5, 0.6) is 0 Å². The summed E-state index contributed by atoms with van der Waals surface area (Å²) in [6, 6.07) is 10.6. The van der Waals surface area contributed by atoms with E-state index in [4.69, 9.17) is 4.74 Å². The molecule has 1 aromatic heterocycles. The van der Waals surface area contributed by atoms with Crippen molar-refractivity contribution in [2.75, 3.05) is 26.2 Å². The van der Waals surface area contributed by atoms with Gasteiger partial charge in [-0.1, -0.05) is 35.5 Å². The first-order valence-corrected chi connectivity index (χ1v) is 9.25. The number of piperazine rings is 1. The van der Waals surface area contributed by atoms with Crippen LogP contribution in [0.1, 0.15) is 41.7 Å². The van der Waals surface area contributed by atoms with Gasteiger partial charge in [-0.05, 0) is 19.4 Å². The zero-order valence-corrected chi connectivity index (χ0v) is 15.3. The molecular weight excluding hydrogens is 330 g/mol. The number of carbonyl (C=O) groups is 1. The third-order valence-electron chi connectivity index (χ3n) is 5.30. The Kier molecular flexibility index (Phi) is 4.74. The lowest BCUT2D eigenvalue weighted by atomic mass is 10.1. The summed E-state index contributed by atoms with van der Waals surface area (Å²) in [5.41, 5.74) is 2.34. The van der Waals surface area contributed by atoms with Crippen LogP contribution in [0.15, 0.2) is 30.3 Å². The molecule has 2 aliphatic heterocycles. The standard InChI is InChI=1S/C19H25N5O2/c1-14(2)22-8-10-23(11-9-22)19(25)18-16-13-26-17(12-24(16)21-20-18)15-6-4-3-5-7-15/h3-7,14,17H,8-13H2,1-2H3/t17-/m0/s1. The van der Waals surface area contributed by atoms with Crippen molar-refractivity contribution in [1.29, 1.82) is 0 Å². The zero-order chi connectivity index (χ0) is 18.1. The molecule has 7 nitrogen and oxygen atoms in total. The lowest BCUT2D eigenvalue weighted by molar-refractivity contribution is -0.00206. The van der Waals surface area contributed by atoms with E-state index in [2.05, 4.69) is 29.1 Å². The second kappa shape index (κ2) is 7.17. The van der Waals surface area contributed by atoms with Crippen molar-refractivity contribution in [2.45, 2.75) is 39.1 Å². The van der Waals surface area contributed by atoms with E-state index in [0.717, 1.165) is 37.4 Å². The lowest BCUT2D eigenvalue weighted by Crippen LogP contribution is -2.51. The molecule has 0 radical (unpaired) electrons. The van der Waals surface area contributed by atoms with Crippen LogP contribution in [0.2, 0.25) is 0 Å². The number of nitrogens with zero attached hydrogens (tertiary/aromatic N) is 5. The van der Waals surface area contributed by atoms with Crippen LogP contribution in [0.3, 0.4) is 0 Å². The number of ether oxygens (including phenoxy) is 1. The van der Waals surface area contributed by atoms with E-state index in [9.17, 15) is 4.79 Å². The van der Waals surface area contributed by atoms with Crippen LogP contribution >= 0.6 is 0 Å². The van der Waals surface area contributed by atoms with Crippen molar-refractivity contribution in [1.82, 2.24) is 24.8 Å². The van der Waals surface area contributed by atoms with Gasteiger partial charge in [-0.15, -0.1) is 5.10 Å². The Morgan fingerprint density at radius 1 is 1.15 bits per heavy atom. The summed E-state index contributed by atoms with van der Waals surface area (Å²) in [5, 5.41) is 8.40. The number of amides is 1. The molecule has 0 N–H and O–H groups in total. The Morgan fingerprint density at radius 3 is 2.58 bits per heavy atom. The van der Waals surface area contributed by atoms with Gasteiger partial charge in [-0.2, -0.15) is 0 Å². The average molecular weight is 355 g/mol. The maximum atomic E-state index is 12.9. The fourth-order valence-electron chi connectivity index (χ4n) is 3.64. The minimum absolute atomic E-state index is 0.0311. The molecule has 2 aromatic rings. The summed E-state index contributed by atoms with van der Waals surface area (Å²) in [4.78, 5) is 17.2. The number of hydrogen-bond donors (Lipinski definition) is 0. The molecule has 1 aromatic carbocycles. The topological polar surface area (TPSA) is 63.5 Å². The van der Waals surface area contributed by atoms with Crippen molar-refractivity contribution < 1.29 is 9.53 Å². The van der Waals surface area contributed by atoms with Gasteiger partial charge in [0.15, 0.2) is 5.69 Å². The first kappa shape index (κ1) is 17.2. The molecular formula is C19H25N5O2. The third kappa shape index (κ3) is 3.24. The maximum absolute atomic E-state index is 12.9. The minimum atomic E-state index is -0.0528. The highest BCUT2D eigenvalue weighted by Crippen LogP contribution is 2.27. The summed E-state index contributed by atoms with van der Waals surface area (Å²) >= 11 is 0. The van der Waals surface area contributed by atoms with Crippen LogP contribution < -0.4 is 0 Å². The van der Waals surface area contributed by atoms with Crippen LogP contribution in [0.4, 0.5) is 0 Å². The molecule has 26 heavy (non-hydrogen) atoms. The maximum Gasteiger partial charge on any atom is 0.276 e. The largest absolute Gasteiger partial charge is 0.365 e. The van der Waals surface area contributed by atoms with E-state index in [1.807, 2.05) is 39.9 Å². The molecule has 0 aliphatic carbocycles. The third-order valence-corrected chi connectivity index (χ3v) is 5.30. The van der Waals surface area contributed by atoms with Crippen molar-refractivity contribution in [3.05, 3.63) is 47.3 Å². The monoisotopic (exact) mass is 355 g/mol. The molecule has 0 bridgehead atoms.